The van der Waals surface area contributed by atoms with Crippen molar-refractivity contribution in [2.45, 2.75) is 6.42 Å². The van der Waals surface area contributed by atoms with E-state index in [1.54, 1.807) is 4.68 Å². The minimum atomic E-state index is 0.613. The van der Waals surface area contributed by atoms with Crippen LogP contribution in [-0.4, -0.2) is 34.7 Å². The summed E-state index contributed by atoms with van der Waals surface area (Å²) in [4.78, 5) is 0. The van der Waals surface area contributed by atoms with Crippen LogP contribution in [0.15, 0.2) is 18.2 Å². The Morgan fingerprint density at radius 2 is 2.47 bits per heavy atom. The molecule has 1 saturated heterocycles. The predicted octanol–water partition coefficient (Wildman–Crippen LogP) is 0.957. The van der Waals surface area contributed by atoms with Gasteiger partial charge in [0.25, 0.3) is 0 Å². The molecule has 0 amide bonds. The fraction of sp³-hybridized carbons (Fsp3) is 0.500. The molecule has 0 bridgehead atoms. The van der Waals surface area contributed by atoms with Crippen LogP contribution >= 0.6 is 0 Å². The molecule has 90 valence electrons. The normalized spacial score (nSPS) is 19.9. The van der Waals surface area contributed by atoms with E-state index in [1.165, 1.54) is 6.42 Å². The summed E-state index contributed by atoms with van der Waals surface area (Å²) in [7, 11) is 1.89. The van der Waals surface area contributed by atoms with Crippen molar-refractivity contribution in [2.24, 2.45) is 13.0 Å². The Morgan fingerprint density at radius 3 is 3.29 bits per heavy atom. The highest BCUT2D eigenvalue weighted by molar-refractivity contribution is 5.80. The van der Waals surface area contributed by atoms with Gasteiger partial charge in [-0.15, -0.1) is 5.10 Å². The van der Waals surface area contributed by atoms with E-state index in [1.807, 2.05) is 25.2 Å². The van der Waals surface area contributed by atoms with E-state index in [4.69, 9.17) is 4.74 Å². The molecule has 5 heteroatoms. The molecule has 1 aliphatic heterocycles. The van der Waals surface area contributed by atoms with Crippen molar-refractivity contribution in [3.8, 4) is 5.75 Å². The zero-order valence-electron chi connectivity index (χ0n) is 9.89. The van der Waals surface area contributed by atoms with Gasteiger partial charge in [0.05, 0.1) is 12.1 Å². The summed E-state index contributed by atoms with van der Waals surface area (Å²) in [6.45, 7) is 2.91. The summed E-state index contributed by atoms with van der Waals surface area (Å²) >= 11 is 0. The van der Waals surface area contributed by atoms with E-state index in [0.717, 1.165) is 36.5 Å². The van der Waals surface area contributed by atoms with Gasteiger partial charge >= 0.3 is 0 Å². The first-order valence-electron chi connectivity index (χ1n) is 5.96. The van der Waals surface area contributed by atoms with Crippen molar-refractivity contribution in [1.29, 1.82) is 0 Å². The van der Waals surface area contributed by atoms with Crippen LogP contribution in [-0.2, 0) is 7.05 Å². The van der Waals surface area contributed by atoms with Crippen molar-refractivity contribution in [3.63, 3.8) is 0 Å². The molecule has 5 nitrogen and oxygen atoms in total. The fourth-order valence-electron chi connectivity index (χ4n) is 2.21. The molecule has 0 saturated carbocycles. The third kappa shape index (κ3) is 1.98. The summed E-state index contributed by atoms with van der Waals surface area (Å²) in [5, 5.41) is 11.5. The highest BCUT2D eigenvalue weighted by Gasteiger charge is 2.16. The van der Waals surface area contributed by atoms with Crippen LogP contribution < -0.4 is 10.1 Å². The number of rotatable bonds is 3. The molecule has 1 unspecified atom stereocenters. The number of fused-ring (bicyclic) bond motifs is 1. The zero-order chi connectivity index (χ0) is 11.7. The van der Waals surface area contributed by atoms with E-state index in [-0.39, 0.29) is 0 Å². The predicted molar refractivity (Wildman–Crippen MR) is 65.0 cm³/mol. The average molecular weight is 232 g/mol. The second-order valence-corrected chi connectivity index (χ2v) is 4.51. The van der Waals surface area contributed by atoms with Gasteiger partial charge in [0.15, 0.2) is 5.52 Å². The molecule has 1 aromatic carbocycles. The van der Waals surface area contributed by atoms with Gasteiger partial charge in [-0.3, -0.25) is 0 Å². The van der Waals surface area contributed by atoms with Gasteiger partial charge in [0, 0.05) is 19.5 Å². The van der Waals surface area contributed by atoms with E-state index < -0.39 is 0 Å². The van der Waals surface area contributed by atoms with Crippen LogP contribution in [0, 0.1) is 5.92 Å². The molecule has 17 heavy (non-hydrogen) atoms. The molecule has 0 spiro atoms. The lowest BCUT2D eigenvalue weighted by Crippen LogP contribution is -2.15. The minimum absolute atomic E-state index is 0.613. The Balaban J connectivity index is 1.79. The van der Waals surface area contributed by atoms with Crippen LogP contribution in [0.5, 0.6) is 5.75 Å². The highest BCUT2D eigenvalue weighted by atomic mass is 16.5. The van der Waals surface area contributed by atoms with E-state index in [0.29, 0.717) is 5.92 Å². The summed E-state index contributed by atoms with van der Waals surface area (Å²) in [5.41, 5.74) is 1.85. The van der Waals surface area contributed by atoms with Crippen molar-refractivity contribution in [3.05, 3.63) is 18.2 Å². The molecule has 1 aliphatic rings. The van der Waals surface area contributed by atoms with Crippen molar-refractivity contribution >= 4 is 11.0 Å². The lowest BCUT2D eigenvalue weighted by Gasteiger charge is -2.10. The molecule has 1 atom stereocenters. The number of benzene rings is 1. The molecule has 0 aliphatic carbocycles. The smallest absolute Gasteiger partial charge is 0.155 e. The van der Waals surface area contributed by atoms with E-state index >= 15 is 0 Å². The van der Waals surface area contributed by atoms with Crippen molar-refractivity contribution < 1.29 is 4.74 Å². The molecule has 2 heterocycles. The van der Waals surface area contributed by atoms with Gasteiger partial charge < -0.3 is 10.1 Å². The molecular formula is C12H16N4O. The number of ether oxygens (including phenoxy) is 1. The summed E-state index contributed by atoms with van der Waals surface area (Å²) in [6.07, 6.45) is 1.19. The number of nitrogens with one attached hydrogen (secondary N) is 1. The van der Waals surface area contributed by atoms with Gasteiger partial charge in [0.2, 0.25) is 0 Å². The lowest BCUT2D eigenvalue weighted by molar-refractivity contribution is 0.262. The fourth-order valence-corrected chi connectivity index (χ4v) is 2.21. The Morgan fingerprint density at radius 1 is 1.53 bits per heavy atom. The molecule has 1 N–H and O–H groups in total. The van der Waals surface area contributed by atoms with Crippen LogP contribution in [0.25, 0.3) is 11.0 Å². The van der Waals surface area contributed by atoms with Gasteiger partial charge in [0.1, 0.15) is 5.75 Å². The van der Waals surface area contributed by atoms with Crippen molar-refractivity contribution in [1.82, 2.24) is 20.3 Å². The topological polar surface area (TPSA) is 52.0 Å². The van der Waals surface area contributed by atoms with Gasteiger partial charge in [-0.1, -0.05) is 11.3 Å². The van der Waals surface area contributed by atoms with Crippen LogP contribution in [0.3, 0.4) is 0 Å². The maximum atomic E-state index is 5.86. The molecule has 2 aromatic rings. The summed E-state index contributed by atoms with van der Waals surface area (Å²) in [6, 6.07) is 5.94. The first kappa shape index (κ1) is 10.5. The third-order valence-corrected chi connectivity index (χ3v) is 3.24. The second-order valence-electron chi connectivity index (χ2n) is 4.51. The van der Waals surface area contributed by atoms with E-state index in [2.05, 4.69) is 15.6 Å². The van der Waals surface area contributed by atoms with Gasteiger partial charge in [-0.05, 0) is 25.1 Å². The number of nitrogens with zero attached hydrogens (tertiary/aromatic N) is 3. The largest absolute Gasteiger partial charge is 0.491 e. The van der Waals surface area contributed by atoms with Crippen molar-refractivity contribution in [2.75, 3.05) is 19.7 Å². The Kier molecular flexibility index (Phi) is 2.68. The number of aryl methyl sites for hydroxylation is 1. The number of hydrogen-bond donors (Lipinski definition) is 1. The monoisotopic (exact) mass is 232 g/mol. The minimum Gasteiger partial charge on any atom is -0.491 e. The maximum Gasteiger partial charge on any atom is 0.155 e. The Bertz CT molecular complexity index is 516. The maximum absolute atomic E-state index is 5.86. The first-order valence-corrected chi connectivity index (χ1v) is 5.96. The molecule has 0 radical (unpaired) electrons. The highest BCUT2D eigenvalue weighted by Crippen LogP contribution is 2.23. The molecule has 3 rings (SSSR count). The second kappa shape index (κ2) is 4.33. The SMILES string of the molecule is Cn1nnc2c(OCC3CCNC3)cccc21. The first-order chi connectivity index (χ1) is 8.34. The lowest BCUT2D eigenvalue weighted by atomic mass is 10.1. The Hall–Kier alpha value is -1.62. The Labute approximate surface area is 99.8 Å². The van der Waals surface area contributed by atoms with Crippen LogP contribution in [0.4, 0.5) is 0 Å². The quantitative estimate of drug-likeness (QED) is 0.856. The summed E-state index contributed by atoms with van der Waals surface area (Å²) < 4.78 is 7.62. The molecule has 1 aromatic heterocycles. The van der Waals surface area contributed by atoms with E-state index in [9.17, 15) is 0 Å². The number of aromatic nitrogens is 3. The van der Waals surface area contributed by atoms with Gasteiger partial charge in [-0.2, -0.15) is 0 Å². The molecular weight excluding hydrogens is 216 g/mol. The average Bonchev–Trinajstić information content (AvgIpc) is 2.97. The van der Waals surface area contributed by atoms with Crippen LogP contribution in [0.1, 0.15) is 6.42 Å². The third-order valence-electron chi connectivity index (χ3n) is 3.24. The summed E-state index contributed by atoms with van der Waals surface area (Å²) in [5.74, 6) is 1.45. The standard InChI is InChI=1S/C12H16N4O/c1-16-10-3-2-4-11(12(10)14-15-16)17-8-9-5-6-13-7-9/h2-4,9,13H,5-8H2,1H3. The molecule has 1 fully saturated rings. The number of hydrogen-bond acceptors (Lipinski definition) is 4. The van der Waals surface area contributed by atoms with Crippen LogP contribution in [0.2, 0.25) is 0 Å². The van der Waals surface area contributed by atoms with Gasteiger partial charge in [-0.25, -0.2) is 4.68 Å². The zero-order valence-corrected chi connectivity index (χ0v) is 9.89.